The molecule has 0 aliphatic carbocycles. The highest BCUT2D eigenvalue weighted by molar-refractivity contribution is 6.17. The van der Waals surface area contributed by atoms with E-state index in [1.807, 2.05) is 13.8 Å². The Morgan fingerprint density at radius 3 is 2.42 bits per heavy atom. The Kier molecular flexibility index (Phi) is 7.37. The summed E-state index contributed by atoms with van der Waals surface area (Å²) in [6.45, 7) is 5.58. The molecule has 1 unspecified atom stereocenters. The lowest BCUT2D eigenvalue weighted by molar-refractivity contribution is -0.408. The number of anilines is 1. The van der Waals surface area contributed by atoms with Gasteiger partial charge in [-0.3, -0.25) is 9.59 Å². The van der Waals surface area contributed by atoms with Gasteiger partial charge in [-0.25, -0.2) is 9.59 Å². The molecule has 10 heteroatoms. The number of benzene rings is 1. The first-order chi connectivity index (χ1) is 15.8. The van der Waals surface area contributed by atoms with Crippen molar-refractivity contribution < 1.29 is 33.2 Å². The van der Waals surface area contributed by atoms with Crippen molar-refractivity contribution in [3.63, 3.8) is 0 Å². The summed E-state index contributed by atoms with van der Waals surface area (Å²) in [5.74, 6) is -1.74. The van der Waals surface area contributed by atoms with Crippen molar-refractivity contribution >= 4 is 41.6 Å². The number of carbonyl (C=O) groups is 4. The molecule has 0 bridgehead atoms. The van der Waals surface area contributed by atoms with E-state index >= 15 is 0 Å². The van der Waals surface area contributed by atoms with Gasteiger partial charge in [0.05, 0.1) is 25.8 Å². The molecule has 0 saturated heterocycles. The number of fused-ring (bicyclic) bond motifs is 1. The van der Waals surface area contributed by atoms with Crippen molar-refractivity contribution in [2.75, 3.05) is 32.1 Å². The van der Waals surface area contributed by atoms with E-state index in [-0.39, 0.29) is 12.4 Å². The number of ether oxygens (including phenoxy) is 2. The standard InChI is InChI=1S/C23H26N4O6/c1-5-14-12-24-20-18(19(14)32-6-2)21(29)27(23(31)26(20)4)13-17(28)25-16-10-8-15(9-11-16)22(30)33-7-3/h8-12,18H,5-7,13H2,1-4H3/p+1. The van der Waals surface area contributed by atoms with Crippen molar-refractivity contribution in [1.82, 2.24) is 4.90 Å². The highest BCUT2D eigenvalue weighted by Gasteiger charge is 2.51. The molecule has 3 rings (SSSR count). The van der Waals surface area contributed by atoms with Gasteiger partial charge in [0.1, 0.15) is 12.0 Å². The first-order valence-electron chi connectivity index (χ1n) is 10.7. The number of amides is 4. The zero-order valence-corrected chi connectivity index (χ0v) is 19.1. The summed E-state index contributed by atoms with van der Waals surface area (Å²) in [5.41, 5.74) is 1.53. The van der Waals surface area contributed by atoms with Gasteiger partial charge in [0.2, 0.25) is 0 Å². The third kappa shape index (κ3) is 4.84. The second kappa shape index (κ2) is 10.2. The lowest BCUT2D eigenvalue weighted by Gasteiger charge is -2.29. The Balaban J connectivity index is 1.78. The maximum atomic E-state index is 13.3. The van der Waals surface area contributed by atoms with E-state index in [0.29, 0.717) is 30.0 Å². The second-order valence-electron chi connectivity index (χ2n) is 7.34. The van der Waals surface area contributed by atoms with Gasteiger partial charge in [0.15, 0.2) is 12.5 Å². The van der Waals surface area contributed by atoms with Gasteiger partial charge in [-0.05, 0) is 44.5 Å². The number of dihydropyridines is 1. The average Bonchev–Trinajstić information content (AvgIpc) is 2.81. The minimum absolute atomic E-state index is 0.259. The van der Waals surface area contributed by atoms with Gasteiger partial charge in [-0.2, -0.15) is 9.48 Å². The predicted octanol–water partition coefficient (Wildman–Crippen LogP) is 2.21. The molecule has 4 amide bonds. The maximum absolute atomic E-state index is 13.3. The summed E-state index contributed by atoms with van der Waals surface area (Å²) < 4.78 is 11.9. The van der Waals surface area contributed by atoms with Gasteiger partial charge in [0.25, 0.3) is 11.7 Å². The van der Waals surface area contributed by atoms with E-state index in [4.69, 9.17) is 9.47 Å². The fraction of sp³-hybridized carbons (Fsp3) is 0.391. The zero-order valence-electron chi connectivity index (χ0n) is 19.1. The van der Waals surface area contributed by atoms with E-state index in [1.54, 1.807) is 25.3 Å². The van der Waals surface area contributed by atoms with Crippen LogP contribution in [0.15, 0.2) is 40.6 Å². The Bertz CT molecular complexity index is 1070. The Hall–Kier alpha value is -3.82. The number of aliphatic imine (C=N–C) groups is 1. The molecule has 174 valence electrons. The number of hydrogen-bond donors (Lipinski definition) is 1. The molecule has 2 aliphatic heterocycles. The lowest BCUT2D eigenvalue weighted by Crippen LogP contribution is -2.56. The number of hydrogen-bond acceptors (Lipinski definition) is 7. The van der Waals surface area contributed by atoms with Gasteiger partial charge < -0.3 is 14.8 Å². The molecule has 2 aliphatic rings. The van der Waals surface area contributed by atoms with Crippen LogP contribution in [0, 0.1) is 5.92 Å². The van der Waals surface area contributed by atoms with Crippen molar-refractivity contribution in [1.29, 1.82) is 0 Å². The molecule has 1 atom stereocenters. The van der Waals surface area contributed by atoms with Crippen LogP contribution in [0.25, 0.3) is 0 Å². The number of allylic oxidation sites excluding steroid dienone is 1. The monoisotopic (exact) mass is 455 g/mol. The molecule has 0 radical (unpaired) electrons. The van der Waals surface area contributed by atoms with E-state index < -0.39 is 36.3 Å². The van der Waals surface area contributed by atoms with Crippen LogP contribution >= 0.6 is 0 Å². The molecule has 1 N–H and O–H groups in total. The molecule has 1 aromatic rings. The summed E-state index contributed by atoms with van der Waals surface area (Å²) in [6.07, 6.45) is 2.21. The second-order valence-corrected chi connectivity index (χ2v) is 7.34. The smallest absolute Gasteiger partial charge is 0.446 e. The summed E-state index contributed by atoms with van der Waals surface area (Å²) in [4.78, 5) is 55.7. The number of esters is 1. The largest absolute Gasteiger partial charge is 0.496 e. The molecule has 10 nitrogen and oxygen atoms in total. The maximum Gasteiger partial charge on any atom is 0.446 e. The van der Waals surface area contributed by atoms with Crippen molar-refractivity contribution in [2.24, 2.45) is 10.9 Å². The summed E-state index contributed by atoms with van der Waals surface area (Å²) >= 11 is 0. The average molecular weight is 455 g/mol. The molecule has 0 saturated carbocycles. The number of urea groups is 1. The molecule has 2 heterocycles. The molecule has 33 heavy (non-hydrogen) atoms. The van der Waals surface area contributed by atoms with Gasteiger partial charge in [-0.1, -0.05) is 6.92 Å². The first kappa shape index (κ1) is 23.8. The quantitative estimate of drug-likeness (QED) is 0.474. The summed E-state index contributed by atoms with van der Waals surface area (Å²) in [6, 6.07) is 5.48. The lowest BCUT2D eigenvalue weighted by atomic mass is 9.94. The van der Waals surface area contributed by atoms with Crippen LogP contribution in [0.5, 0.6) is 0 Å². The normalized spacial score (nSPS) is 17.8. The minimum Gasteiger partial charge on any atom is -0.496 e. The third-order valence-corrected chi connectivity index (χ3v) is 5.23. The number of carbonyl (C=O) groups excluding carboxylic acids is 4. The fourth-order valence-corrected chi connectivity index (χ4v) is 3.61. The minimum atomic E-state index is -0.885. The van der Waals surface area contributed by atoms with Gasteiger partial charge >= 0.3 is 17.9 Å². The fourth-order valence-electron chi connectivity index (χ4n) is 3.61. The number of nitrogens with zero attached hydrogens (tertiary/aromatic N) is 3. The summed E-state index contributed by atoms with van der Waals surface area (Å²) in [5, 5.41) is 2.64. The number of imide groups is 1. The molecule has 0 spiro atoms. The van der Waals surface area contributed by atoms with E-state index in [1.165, 1.54) is 23.8 Å². The van der Waals surface area contributed by atoms with E-state index in [0.717, 1.165) is 10.5 Å². The number of amidine groups is 1. The highest BCUT2D eigenvalue weighted by atomic mass is 16.5. The van der Waals surface area contributed by atoms with E-state index in [9.17, 15) is 19.2 Å². The van der Waals surface area contributed by atoms with Crippen LogP contribution in [0.1, 0.15) is 37.6 Å². The molecule has 0 aromatic heterocycles. The number of rotatable bonds is 8. The van der Waals surface area contributed by atoms with Crippen LogP contribution in [0.4, 0.5) is 10.5 Å². The van der Waals surface area contributed by atoms with Crippen molar-refractivity contribution in [2.45, 2.75) is 27.2 Å². The molecule has 0 fully saturated rings. The van der Waals surface area contributed by atoms with Gasteiger partial charge in [-0.15, -0.1) is 4.99 Å². The Labute approximate surface area is 191 Å². The van der Waals surface area contributed by atoms with Crippen LogP contribution in [-0.2, 0) is 19.1 Å². The van der Waals surface area contributed by atoms with Gasteiger partial charge in [0, 0.05) is 11.3 Å². The summed E-state index contributed by atoms with van der Waals surface area (Å²) in [7, 11) is 1.51. The highest BCUT2D eigenvalue weighted by Crippen LogP contribution is 2.29. The van der Waals surface area contributed by atoms with Crippen LogP contribution in [0.3, 0.4) is 0 Å². The first-order valence-corrected chi connectivity index (χ1v) is 10.7. The Morgan fingerprint density at radius 1 is 1.12 bits per heavy atom. The topological polar surface area (TPSA) is 117 Å². The van der Waals surface area contributed by atoms with E-state index in [2.05, 4.69) is 10.3 Å². The van der Waals surface area contributed by atoms with Crippen molar-refractivity contribution in [3.8, 4) is 0 Å². The molecular weight excluding hydrogens is 428 g/mol. The van der Waals surface area contributed by atoms with Crippen LogP contribution < -0.4 is 5.32 Å². The zero-order chi connectivity index (χ0) is 24.1. The molecular formula is C23H27N4O6+. The Morgan fingerprint density at radius 2 is 1.82 bits per heavy atom. The molecule has 1 aromatic carbocycles. The number of nitrogens with one attached hydrogen (secondary N) is 1. The third-order valence-electron chi connectivity index (χ3n) is 5.23. The predicted molar refractivity (Wildman–Crippen MR) is 120 cm³/mol. The SMILES string of the molecule is CCOC(=O)c1ccc(NC(=O)CN2C(=O)C3C(OCC)=C(CC)C=NC3=[N+](C)C2=O)cc1. The van der Waals surface area contributed by atoms with Crippen molar-refractivity contribution in [3.05, 3.63) is 41.2 Å². The van der Waals surface area contributed by atoms with Crippen LogP contribution in [0.2, 0.25) is 0 Å². The van der Waals surface area contributed by atoms with Crippen LogP contribution in [-0.4, -0.2) is 72.1 Å².